The van der Waals surface area contributed by atoms with Crippen molar-refractivity contribution in [3.63, 3.8) is 0 Å². The number of rotatable bonds is 16. The molecule has 0 radical (unpaired) electrons. The molecule has 20 heteroatoms. The van der Waals surface area contributed by atoms with Crippen LogP contribution >= 0.6 is 0 Å². The molecule has 1 fully saturated rings. The molecule has 1 aliphatic rings. The molecule has 0 saturated carbocycles. The van der Waals surface area contributed by atoms with E-state index in [-0.39, 0.29) is 83.1 Å². The fourth-order valence-electron chi connectivity index (χ4n) is 5.84. The van der Waals surface area contributed by atoms with E-state index in [1.807, 2.05) is 0 Å². The van der Waals surface area contributed by atoms with Gasteiger partial charge in [0.15, 0.2) is 48.3 Å². The zero-order chi connectivity index (χ0) is 46.4. The second-order valence-corrected chi connectivity index (χ2v) is 14.2. The van der Waals surface area contributed by atoms with Crippen LogP contribution in [0, 0.1) is 11.6 Å². The van der Waals surface area contributed by atoms with E-state index in [9.17, 15) is 32.8 Å². The van der Waals surface area contributed by atoms with Gasteiger partial charge in [0.05, 0.1) is 37.9 Å². The van der Waals surface area contributed by atoms with Crippen molar-refractivity contribution in [2.45, 2.75) is 38.5 Å². The van der Waals surface area contributed by atoms with Crippen LogP contribution < -0.4 is 18.9 Å². The number of hydrogen-bond donors (Lipinski definition) is 1. The summed E-state index contributed by atoms with van der Waals surface area (Å²) in [6.45, 7) is 4.77. The van der Waals surface area contributed by atoms with Gasteiger partial charge in [-0.25, -0.2) is 23.2 Å². The standard InChI is InChI=1S/C26H29FN4O8.C17H15FO6/c1-26(2,3)39-25(34)31-12-17(29-30-28)20(13-31)38-24(33)16-8-6-15(7-9-16)23(32)21-18(37-14-35-4)10-11-19(36-5)22(21)27;1-22-9-24-12-7-8-13(23-2)15(18)14(12)16(19)10-3-5-11(6-4-10)17(20)21/h6-11,17,20H,12-14H2,1-5H3;3-8H,9H2,1-2H3,(H,20,21). The van der Waals surface area contributed by atoms with Gasteiger partial charge in [0.25, 0.3) is 0 Å². The van der Waals surface area contributed by atoms with Gasteiger partial charge in [0.2, 0.25) is 0 Å². The smallest absolute Gasteiger partial charge is 0.410 e. The number of carboxylic acids is 1. The quantitative estimate of drug-likeness (QED) is 0.0292. The van der Waals surface area contributed by atoms with Crippen molar-refractivity contribution in [2.75, 3.05) is 55.1 Å². The van der Waals surface area contributed by atoms with Crippen LogP contribution in [-0.2, 0) is 18.9 Å². The third-order valence-corrected chi connectivity index (χ3v) is 8.82. The Morgan fingerprint density at radius 2 is 1.13 bits per heavy atom. The van der Waals surface area contributed by atoms with E-state index in [1.54, 1.807) is 20.8 Å². The number of esters is 1. The summed E-state index contributed by atoms with van der Waals surface area (Å²) in [5, 5.41) is 12.5. The van der Waals surface area contributed by atoms with Gasteiger partial charge in [-0.15, -0.1) is 0 Å². The van der Waals surface area contributed by atoms with Gasteiger partial charge < -0.3 is 47.9 Å². The van der Waals surface area contributed by atoms with Crippen LogP contribution in [0.2, 0.25) is 0 Å². The van der Waals surface area contributed by atoms with E-state index in [1.165, 1.54) is 106 Å². The van der Waals surface area contributed by atoms with Gasteiger partial charge in [-0.1, -0.05) is 29.4 Å². The van der Waals surface area contributed by atoms with Crippen molar-refractivity contribution >= 4 is 29.6 Å². The minimum absolute atomic E-state index is 0.00228. The van der Waals surface area contributed by atoms with Gasteiger partial charge in [0.1, 0.15) is 34.3 Å². The first-order chi connectivity index (χ1) is 30.0. The lowest BCUT2D eigenvalue weighted by Crippen LogP contribution is -2.36. The molecule has 1 N–H and O–H groups in total. The highest BCUT2D eigenvalue weighted by Crippen LogP contribution is 2.33. The number of ketones is 2. The molecule has 4 aromatic carbocycles. The number of azide groups is 1. The highest BCUT2D eigenvalue weighted by Gasteiger charge is 2.39. The molecule has 63 heavy (non-hydrogen) atoms. The first-order valence-corrected chi connectivity index (χ1v) is 18.7. The predicted molar refractivity (Wildman–Crippen MR) is 218 cm³/mol. The number of carbonyl (C=O) groups excluding carboxylic acids is 4. The molecular weight excluding hydrogens is 834 g/mol. The Labute approximate surface area is 359 Å². The van der Waals surface area contributed by atoms with Crippen LogP contribution in [0.25, 0.3) is 10.4 Å². The molecule has 0 spiro atoms. The fourth-order valence-corrected chi connectivity index (χ4v) is 5.84. The van der Waals surface area contributed by atoms with E-state index in [0.717, 1.165) is 0 Å². The lowest BCUT2D eigenvalue weighted by atomic mass is 10.00. The molecule has 18 nitrogen and oxygen atoms in total. The molecular formula is C43H44F2N4O14. The van der Waals surface area contributed by atoms with Gasteiger partial charge in [-0.05, 0) is 74.8 Å². The molecule has 0 aromatic heterocycles. The molecule has 334 valence electrons. The maximum absolute atomic E-state index is 15.0. The summed E-state index contributed by atoms with van der Waals surface area (Å²) in [5.41, 5.74) is 7.81. The lowest BCUT2D eigenvalue weighted by Gasteiger charge is -2.24. The Hall–Kier alpha value is -7.28. The van der Waals surface area contributed by atoms with Crippen molar-refractivity contribution < 1.29 is 75.8 Å². The van der Waals surface area contributed by atoms with Gasteiger partial charge in [0, 0.05) is 36.8 Å². The van der Waals surface area contributed by atoms with Gasteiger partial charge >= 0.3 is 18.0 Å². The SMILES string of the molecule is COCOc1ccc(OC)c(F)c1C(=O)c1ccc(C(=O)O)cc1.COCOc1ccc(OC)c(F)c1C(=O)c1ccc(C(=O)OC2CN(C(=O)OC(C)(C)C)CC2N=[N+]=[N-])cc1. The van der Waals surface area contributed by atoms with Crippen molar-refractivity contribution in [3.8, 4) is 23.0 Å². The number of ether oxygens (including phenoxy) is 8. The minimum atomic E-state index is -1.12. The highest BCUT2D eigenvalue weighted by atomic mass is 19.1. The number of carbonyl (C=O) groups is 5. The molecule has 2 unspecified atom stereocenters. The molecule has 1 saturated heterocycles. The van der Waals surface area contributed by atoms with Crippen LogP contribution in [0.5, 0.6) is 23.0 Å². The van der Waals surface area contributed by atoms with E-state index < -0.39 is 59.0 Å². The summed E-state index contributed by atoms with van der Waals surface area (Å²) in [6.07, 6.45) is -1.53. The van der Waals surface area contributed by atoms with Crippen LogP contribution in [0.4, 0.5) is 13.6 Å². The topological polar surface area (TPSA) is 231 Å². The maximum atomic E-state index is 15.0. The van der Waals surface area contributed by atoms with Crippen LogP contribution in [-0.4, -0.2) is 112 Å². The first kappa shape index (κ1) is 48.4. The number of aromatic carboxylic acids is 1. The minimum Gasteiger partial charge on any atom is -0.494 e. The Morgan fingerprint density at radius 3 is 1.52 bits per heavy atom. The van der Waals surface area contributed by atoms with Crippen LogP contribution in [0.15, 0.2) is 77.9 Å². The number of methoxy groups -OCH3 is 4. The second-order valence-electron chi connectivity index (χ2n) is 14.2. The second kappa shape index (κ2) is 22.0. The Kier molecular flexibility index (Phi) is 16.9. The van der Waals surface area contributed by atoms with Crippen LogP contribution in [0.1, 0.15) is 73.3 Å². The Balaban J connectivity index is 0.000000310. The van der Waals surface area contributed by atoms with Crippen molar-refractivity contribution in [1.82, 2.24) is 4.90 Å². The summed E-state index contributed by atoms with van der Waals surface area (Å²) in [4.78, 5) is 66.0. The predicted octanol–water partition coefficient (Wildman–Crippen LogP) is 7.25. The zero-order valence-corrected chi connectivity index (χ0v) is 35.2. The van der Waals surface area contributed by atoms with E-state index in [2.05, 4.69) is 10.0 Å². The summed E-state index contributed by atoms with van der Waals surface area (Å²) in [7, 11) is 5.33. The highest BCUT2D eigenvalue weighted by molar-refractivity contribution is 6.12. The van der Waals surface area contributed by atoms with Gasteiger partial charge in [-0.3, -0.25) is 9.59 Å². The number of carboxylic acid groups (broad SMARTS) is 1. The largest absolute Gasteiger partial charge is 0.494 e. The third kappa shape index (κ3) is 12.4. The van der Waals surface area contributed by atoms with Gasteiger partial charge in [-0.2, -0.15) is 0 Å². The van der Waals surface area contributed by atoms with E-state index in [0.29, 0.717) is 0 Å². The van der Waals surface area contributed by atoms with Crippen LogP contribution in [0.3, 0.4) is 0 Å². The molecule has 1 amide bonds. The average Bonchev–Trinajstić information content (AvgIpc) is 3.66. The van der Waals surface area contributed by atoms with Crippen molar-refractivity contribution in [1.29, 1.82) is 0 Å². The monoisotopic (exact) mass is 878 g/mol. The fraction of sp³-hybridized carbons (Fsp3) is 0.326. The number of benzene rings is 4. The Morgan fingerprint density at radius 1 is 0.698 bits per heavy atom. The number of likely N-dealkylation sites (tertiary alicyclic amines) is 1. The first-order valence-electron chi connectivity index (χ1n) is 18.7. The summed E-state index contributed by atoms with van der Waals surface area (Å²) in [5.74, 6) is -5.30. The molecule has 1 aliphatic heterocycles. The molecule has 0 aliphatic carbocycles. The zero-order valence-electron chi connectivity index (χ0n) is 35.2. The summed E-state index contributed by atoms with van der Waals surface area (Å²) >= 11 is 0. The molecule has 5 rings (SSSR count). The normalized spacial score (nSPS) is 14.3. The number of nitrogens with zero attached hydrogens (tertiary/aromatic N) is 4. The number of halogens is 2. The number of amides is 1. The van der Waals surface area contributed by atoms with E-state index >= 15 is 0 Å². The molecule has 4 aromatic rings. The molecule has 2 atom stereocenters. The third-order valence-electron chi connectivity index (χ3n) is 8.82. The molecule has 0 bridgehead atoms. The Bertz CT molecular complexity index is 2350. The maximum Gasteiger partial charge on any atom is 0.410 e. The lowest BCUT2D eigenvalue weighted by molar-refractivity contribution is 0.0184. The van der Waals surface area contributed by atoms with E-state index in [4.69, 9.17) is 48.5 Å². The number of hydrogen-bond acceptors (Lipinski definition) is 14. The average molecular weight is 879 g/mol. The van der Waals surface area contributed by atoms with Crippen molar-refractivity contribution in [3.05, 3.63) is 128 Å². The molecule has 1 heterocycles. The summed E-state index contributed by atoms with van der Waals surface area (Å²) < 4.78 is 70.5. The summed E-state index contributed by atoms with van der Waals surface area (Å²) in [6, 6.07) is 15.2. The van der Waals surface area contributed by atoms with Crippen molar-refractivity contribution in [2.24, 2.45) is 5.11 Å².